The summed E-state index contributed by atoms with van der Waals surface area (Å²) in [5.74, 6) is 0.219. The van der Waals surface area contributed by atoms with E-state index in [0.29, 0.717) is 17.1 Å². The molecular formula is C15H23N3O3. The van der Waals surface area contributed by atoms with Gasteiger partial charge in [0, 0.05) is 24.1 Å². The van der Waals surface area contributed by atoms with Crippen LogP contribution in [0.4, 0.5) is 11.4 Å². The summed E-state index contributed by atoms with van der Waals surface area (Å²) < 4.78 is 5.19. The Kier molecular flexibility index (Phi) is 5.72. The maximum absolute atomic E-state index is 12.0. The molecule has 0 unspecified atom stereocenters. The maximum Gasteiger partial charge on any atom is 0.229 e. The highest BCUT2D eigenvalue weighted by molar-refractivity contribution is 5.97. The minimum atomic E-state index is -0.497. The Balaban J connectivity index is 2.94. The number of hydrogen-bond donors (Lipinski definition) is 3. The van der Waals surface area contributed by atoms with Crippen LogP contribution < -0.4 is 21.1 Å². The number of benzene rings is 1. The van der Waals surface area contributed by atoms with Crippen molar-refractivity contribution in [2.24, 2.45) is 11.1 Å². The fourth-order valence-corrected chi connectivity index (χ4v) is 1.55. The third-order valence-electron chi connectivity index (χ3n) is 2.78. The Morgan fingerprint density at radius 1 is 1.24 bits per heavy atom. The zero-order chi connectivity index (χ0) is 16.0. The van der Waals surface area contributed by atoms with Gasteiger partial charge in [0.15, 0.2) is 0 Å². The zero-order valence-corrected chi connectivity index (χ0v) is 12.9. The number of methoxy groups -OCH3 is 1. The van der Waals surface area contributed by atoms with Gasteiger partial charge in [0.1, 0.15) is 5.75 Å². The first-order valence-electron chi connectivity index (χ1n) is 6.77. The smallest absolute Gasteiger partial charge is 0.229 e. The molecule has 0 radical (unpaired) electrons. The summed E-state index contributed by atoms with van der Waals surface area (Å²) in [6.45, 7) is 5.76. The van der Waals surface area contributed by atoms with Crippen molar-refractivity contribution in [2.75, 3.05) is 24.3 Å². The number of hydrogen-bond acceptors (Lipinski definition) is 4. The highest BCUT2D eigenvalue weighted by Crippen LogP contribution is 2.29. The van der Waals surface area contributed by atoms with Gasteiger partial charge in [0.2, 0.25) is 11.8 Å². The predicted octanol–water partition coefficient (Wildman–Crippen LogP) is 1.97. The summed E-state index contributed by atoms with van der Waals surface area (Å²) in [6.07, 6.45) is 0.224. The molecule has 1 rings (SSSR count). The molecule has 6 nitrogen and oxygen atoms in total. The van der Waals surface area contributed by atoms with Crippen molar-refractivity contribution in [3.63, 3.8) is 0 Å². The van der Waals surface area contributed by atoms with E-state index in [1.54, 1.807) is 18.2 Å². The monoisotopic (exact) mass is 293 g/mol. The topological polar surface area (TPSA) is 93.5 Å². The van der Waals surface area contributed by atoms with E-state index in [9.17, 15) is 9.59 Å². The summed E-state index contributed by atoms with van der Waals surface area (Å²) in [5.41, 5.74) is 5.95. The summed E-state index contributed by atoms with van der Waals surface area (Å²) in [6, 6.07) is 5.08. The van der Waals surface area contributed by atoms with Gasteiger partial charge in [0.25, 0.3) is 0 Å². The molecule has 6 heteroatoms. The highest BCUT2D eigenvalue weighted by Gasteiger charge is 2.21. The number of nitrogens with one attached hydrogen (secondary N) is 2. The van der Waals surface area contributed by atoms with Crippen molar-refractivity contribution in [1.82, 2.24) is 0 Å². The van der Waals surface area contributed by atoms with Crippen LogP contribution in [0, 0.1) is 5.41 Å². The van der Waals surface area contributed by atoms with Gasteiger partial charge in [-0.3, -0.25) is 9.59 Å². The maximum atomic E-state index is 12.0. The van der Waals surface area contributed by atoms with Gasteiger partial charge in [0.05, 0.1) is 12.8 Å². The lowest BCUT2D eigenvalue weighted by molar-refractivity contribution is -0.123. The highest BCUT2D eigenvalue weighted by atomic mass is 16.5. The Bertz CT molecular complexity index is 521. The number of ether oxygens (including phenoxy) is 1. The lowest BCUT2D eigenvalue weighted by Gasteiger charge is -2.18. The SMILES string of the molecule is COc1ccc(NC(=O)C(C)(C)C)cc1NC(=O)CCN. The van der Waals surface area contributed by atoms with E-state index in [0.717, 1.165) is 0 Å². The van der Waals surface area contributed by atoms with Crippen molar-refractivity contribution in [3.8, 4) is 5.75 Å². The molecule has 0 aliphatic heterocycles. The number of amides is 2. The molecule has 4 N–H and O–H groups in total. The Morgan fingerprint density at radius 2 is 1.90 bits per heavy atom. The van der Waals surface area contributed by atoms with E-state index >= 15 is 0 Å². The molecule has 116 valence electrons. The lowest BCUT2D eigenvalue weighted by Crippen LogP contribution is -2.27. The molecular weight excluding hydrogens is 270 g/mol. The zero-order valence-electron chi connectivity index (χ0n) is 12.9. The first-order chi connectivity index (χ1) is 9.77. The van der Waals surface area contributed by atoms with Crippen LogP contribution in [0.3, 0.4) is 0 Å². The number of nitrogens with two attached hydrogens (primary N) is 1. The fraction of sp³-hybridized carbons (Fsp3) is 0.467. The number of rotatable bonds is 5. The van der Waals surface area contributed by atoms with Crippen LogP contribution in [-0.4, -0.2) is 25.5 Å². The fourth-order valence-electron chi connectivity index (χ4n) is 1.55. The average molecular weight is 293 g/mol. The van der Waals surface area contributed by atoms with Crippen LogP contribution in [0.2, 0.25) is 0 Å². The van der Waals surface area contributed by atoms with E-state index in [2.05, 4.69) is 10.6 Å². The van der Waals surface area contributed by atoms with Crippen molar-refractivity contribution in [2.45, 2.75) is 27.2 Å². The molecule has 0 spiro atoms. The molecule has 1 aromatic rings. The minimum absolute atomic E-state index is 0.105. The van der Waals surface area contributed by atoms with Crippen molar-refractivity contribution in [1.29, 1.82) is 0 Å². The van der Waals surface area contributed by atoms with Crippen LogP contribution in [0.15, 0.2) is 18.2 Å². The number of anilines is 2. The first kappa shape index (κ1) is 17.0. The molecule has 1 aromatic carbocycles. The van der Waals surface area contributed by atoms with Crippen LogP contribution in [0.5, 0.6) is 5.75 Å². The molecule has 0 saturated heterocycles. The normalized spacial score (nSPS) is 10.9. The minimum Gasteiger partial charge on any atom is -0.495 e. The Labute approximate surface area is 125 Å². The van der Waals surface area contributed by atoms with Crippen LogP contribution in [0.25, 0.3) is 0 Å². The van der Waals surface area contributed by atoms with Gasteiger partial charge >= 0.3 is 0 Å². The molecule has 0 bridgehead atoms. The summed E-state index contributed by atoms with van der Waals surface area (Å²) in [7, 11) is 1.52. The first-order valence-corrected chi connectivity index (χ1v) is 6.77. The second kappa shape index (κ2) is 7.08. The van der Waals surface area contributed by atoms with Crippen molar-refractivity contribution >= 4 is 23.2 Å². The second-order valence-corrected chi connectivity index (χ2v) is 5.71. The standard InChI is InChI=1S/C15H23N3O3/c1-15(2,3)14(20)17-10-5-6-12(21-4)11(9-10)18-13(19)7-8-16/h5-6,9H,7-8,16H2,1-4H3,(H,17,20)(H,18,19). The van der Waals surface area contributed by atoms with E-state index in [1.807, 2.05) is 20.8 Å². The summed E-state index contributed by atoms with van der Waals surface area (Å²) in [4.78, 5) is 23.6. The third kappa shape index (κ3) is 5.07. The van der Waals surface area contributed by atoms with Crippen LogP contribution in [0.1, 0.15) is 27.2 Å². The largest absolute Gasteiger partial charge is 0.495 e. The van der Waals surface area contributed by atoms with Crippen LogP contribution >= 0.6 is 0 Å². The molecule has 0 atom stereocenters. The molecule has 0 aromatic heterocycles. The van der Waals surface area contributed by atoms with E-state index in [4.69, 9.17) is 10.5 Å². The average Bonchev–Trinajstić information content (AvgIpc) is 2.38. The molecule has 0 saturated carbocycles. The van der Waals surface area contributed by atoms with Crippen molar-refractivity contribution < 1.29 is 14.3 Å². The molecule has 0 heterocycles. The quantitative estimate of drug-likeness (QED) is 0.773. The van der Waals surface area contributed by atoms with Gasteiger partial charge < -0.3 is 21.1 Å². The Morgan fingerprint density at radius 3 is 2.43 bits per heavy atom. The predicted molar refractivity (Wildman–Crippen MR) is 83.4 cm³/mol. The molecule has 21 heavy (non-hydrogen) atoms. The van der Waals surface area contributed by atoms with Crippen LogP contribution in [-0.2, 0) is 9.59 Å². The molecule has 2 amide bonds. The second-order valence-electron chi connectivity index (χ2n) is 5.71. The van der Waals surface area contributed by atoms with Gasteiger partial charge in [-0.05, 0) is 18.2 Å². The van der Waals surface area contributed by atoms with E-state index in [-0.39, 0.29) is 24.8 Å². The summed E-state index contributed by atoms with van der Waals surface area (Å²) >= 11 is 0. The Hall–Kier alpha value is -2.08. The van der Waals surface area contributed by atoms with Crippen molar-refractivity contribution in [3.05, 3.63) is 18.2 Å². The molecule has 0 fully saturated rings. The number of carbonyl (C=O) groups excluding carboxylic acids is 2. The lowest BCUT2D eigenvalue weighted by atomic mass is 9.95. The van der Waals surface area contributed by atoms with Gasteiger partial charge in [-0.2, -0.15) is 0 Å². The van der Waals surface area contributed by atoms with Gasteiger partial charge in [-0.15, -0.1) is 0 Å². The molecule has 0 aliphatic carbocycles. The number of carbonyl (C=O) groups is 2. The van der Waals surface area contributed by atoms with Gasteiger partial charge in [-0.25, -0.2) is 0 Å². The third-order valence-corrected chi connectivity index (χ3v) is 2.78. The van der Waals surface area contributed by atoms with Gasteiger partial charge in [-0.1, -0.05) is 20.8 Å². The van der Waals surface area contributed by atoms with E-state index in [1.165, 1.54) is 7.11 Å². The van der Waals surface area contributed by atoms with E-state index < -0.39 is 5.41 Å². The molecule has 0 aliphatic rings. The summed E-state index contributed by atoms with van der Waals surface area (Å²) in [5, 5.41) is 5.53.